The molecule has 0 heterocycles. The molecule has 0 aliphatic rings. The highest BCUT2D eigenvalue weighted by molar-refractivity contribution is 7.25. The molecule has 0 saturated carbocycles. The fourth-order valence-electron chi connectivity index (χ4n) is 0. The van der Waals surface area contributed by atoms with E-state index < -0.39 is 0 Å². The first kappa shape index (κ1) is 4.72. The molecule has 0 aromatic rings. The second-order valence-electron chi connectivity index (χ2n) is 0.689. The monoisotopic (exact) mass is 110 g/mol. The molecule has 0 rings (SSSR count). The molecule has 0 amide bonds. The molecule has 0 aromatic carbocycles. The summed E-state index contributed by atoms with van der Waals surface area (Å²) in [6, 6.07) is 0. The molecule has 0 aliphatic heterocycles. The van der Waals surface area contributed by atoms with Crippen LogP contribution in [0.1, 0.15) is 0 Å². The number of rotatable bonds is 1. The average molecular weight is 111 g/mol. The Morgan fingerprint density at radius 2 is 2.00 bits per heavy atom. The smallest absolute Gasteiger partial charge is 0.109 e. The predicted octanol–water partition coefficient (Wildman–Crippen LogP) is -0.559. The van der Waals surface area contributed by atoms with Gasteiger partial charge in [0, 0.05) is 9.04 Å². The van der Waals surface area contributed by atoms with Crippen molar-refractivity contribution in [3.05, 3.63) is 0 Å². The molecule has 0 nitrogen and oxygen atoms in total. The first-order chi connectivity index (χ1) is 1.91. The van der Waals surface area contributed by atoms with E-state index in [9.17, 15) is 0 Å². The van der Waals surface area contributed by atoms with E-state index in [0.717, 1.165) is 0 Å². The van der Waals surface area contributed by atoms with Crippen LogP contribution in [0.15, 0.2) is 0 Å². The van der Waals surface area contributed by atoms with Crippen molar-refractivity contribution in [2.24, 2.45) is 0 Å². The molecule has 0 unspecified atom stereocenters. The van der Waals surface area contributed by atoms with Crippen LogP contribution < -0.4 is 0 Å². The highest BCUT2D eigenvalue weighted by Gasteiger charge is 1.64. The molecule has 0 fully saturated rings. The lowest BCUT2D eigenvalue weighted by Crippen LogP contribution is -1.83. The Hall–Kier alpha value is 0.724. The van der Waals surface area contributed by atoms with Gasteiger partial charge in [-0.1, -0.05) is 6.55 Å². The molecule has 4 heavy (non-hydrogen) atoms. The van der Waals surface area contributed by atoms with Crippen LogP contribution in [0.3, 0.4) is 0 Å². The SMILES string of the molecule is C[SiH2][SiH2]Cl. The molecular weight excluding hydrogens is 104 g/mol. The zero-order valence-electron chi connectivity index (χ0n) is 2.79. The topological polar surface area (TPSA) is 0 Å². The third kappa shape index (κ3) is 2.72. The molecule has 0 bridgehead atoms. The van der Waals surface area contributed by atoms with E-state index in [4.69, 9.17) is 11.1 Å². The van der Waals surface area contributed by atoms with Gasteiger partial charge in [0.2, 0.25) is 0 Å². The molecular formula is CH7ClSi2. The Morgan fingerprint density at radius 1 is 1.75 bits per heavy atom. The molecule has 0 N–H and O–H groups in total. The van der Waals surface area contributed by atoms with Gasteiger partial charge in [0.05, 0.1) is 0 Å². The van der Waals surface area contributed by atoms with Crippen LogP contribution >= 0.6 is 11.1 Å². The zero-order chi connectivity index (χ0) is 3.41. The van der Waals surface area contributed by atoms with Gasteiger partial charge in [0.1, 0.15) is 8.35 Å². The summed E-state index contributed by atoms with van der Waals surface area (Å²) in [6.07, 6.45) is 0. The summed E-state index contributed by atoms with van der Waals surface area (Å²) in [4.78, 5) is 0. The van der Waals surface area contributed by atoms with Crippen LogP contribution in [-0.2, 0) is 0 Å². The Balaban J connectivity index is 1.97. The van der Waals surface area contributed by atoms with Crippen LogP contribution in [0.4, 0.5) is 0 Å². The Labute approximate surface area is 35.7 Å². The summed E-state index contributed by atoms with van der Waals surface area (Å²) in [5, 5.41) is 0. The maximum atomic E-state index is 5.39. The van der Waals surface area contributed by atoms with Crippen molar-refractivity contribution in [3.63, 3.8) is 0 Å². The van der Waals surface area contributed by atoms with Crippen molar-refractivity contribution >= 4 is 28.5 Å². The van der Waals surface area contributed by atoms with Crippen molar-refractivity contribution in [2.45, 2.75) is 6.55 Å². The molecule has 0 saturated heterocycles. The van der Waals surface area contributed by atoms with Crippen LogP contribution in [0, 0.1) is 0 Å². The number of hydrogen-bond donors (Lipinski definition) is 0. The normalized spacial score (nSPS) is 13.5. The first-order valence-electron chi connectivity index (χ1n) is 1.47. The van der Waals surface area contributed by atoms with Crippen LogP contribution in [0.2, 0.25) is 6.55 Å². The second kappa shape index (κ2) is 3.72. The minimum atomic E-state index is 0.0355. The van der Waals surface area contributed by atoms with Gasteiger partial charge in [-0.15, -0.1) is 0 Å². The maximum Gasteiger partial charge on any atom is 0.109 e. The van der Waals surface area contributed by atoms with Crippen LogP contribution in [-0.4, -0.2) is 17.4 Å². The van der Waals surface area contributed by atoms with Crippen LogP contribution in [0.25, 0.3) is 0 Å². The van der Waals surface area contributed by atoms with E-state index >= 15 is 0 Å². The predicted molar refractivity (Wildman–Crippen MR) is 28.8 cm³/mol. The molecule has 26 valence electrons. The van der Waals surface area contributed by atoms with Crippen molar-refractivity contribution in [3.8, 4) is 0 Å². The van der Waals surface area contributed by atoms with Crippen molar-refractivity contribution in [1.29, 1.82) is 0 Å². The molecule has 3 heteroatoms. The largest absolute Gasteiger partial charge is 0.180 e. The van der Waals surface area contributed by atoms with Crippen molar-refractivity contribution in [2.75, 3.05) is 0 Å². The standard InChI is InChI=1S/CH7ClSi2/c1-3-4-2/h3-4H2,1H3. The number of halogens is 1. The summed E-state index contributed by atoms with van der Waals surface area (Å²) in [7, 11) is 0.364. The molecule has 0 atom stereocenters. The van der Waals surface area contributed by atoms with E-state index in [1.807, 2.05) is 0 Å². The van der Waals surface area contributed by atoms with E-state index in [1.165, 1.54) is 0 Å². The summed E-state index contributed by atoms with van der Waals surface area (Å²) < 4.78 is 0. The molecule has 0 radical (unpaired) electrons. The minimum Gasteiger partial charge on any atom is -0.180 e. The quantitative estimate of drug-likeness (QED) is 0.314. The highest BCUT2D eigenvalue weighted by atomic mass is 35.6. The second-order valence-corrected chi connectivity index (χ2v) is 9.60. The fraction of sp³-hybridized carbons (Fsp3) is 1.00. The molecule has 0 spiro atoms. The van der Waals surface area contributed by atoms with Gasteiger partial charge in [-0.3, -0.25) is 0 Å². The first-order valence-corrected chi connectivity index (χ1v) is 9.03. The highest BCUT2D eigenvalue weighted by Crippen LogP contribution is 1.57. The van der Waals surface area contributed by atoms with Crippen LogP contribution in [0.5, 0.6) is 0 Å². The number of hydrogen-bond acceptors (Lipinski definition) is 0. The Bertz CT molecular complexity index is 8.00. The van der Waals surface area contributed by atoms with Gasteiger partial charge < -0.3 is 0 Å². The molecule has 0 aromatic heterocycles. The van der Waals surface area contributed by atoms with Crippen molar-refractivity contribution in [1.82, 2.24) is 0 Å². The summed E-state index contributed by atoms with van der Waals surface area (Å²) in [5.41, 5.74) is 0. The summed E-state index contributed by atoms with van der Waals surface area (Å²) >= 11 is 5.39. The lowest BCUT2D eigenvalue weighted by molar-refractivity contribution is 2.37. The van der Waals surface area contributed by atoms with Gasteiger partial charge in [0.25, 0.3) is 0 Å². The van der Waals surface area contributed by atoms with Gasteiger partial charge in [-0.2, -0.15) is 11.1 Å². The lowest BCUT2D eigenvalue weighted by atomic mass is 11.9. The van der Waals surface area contributed by atoms with E-state index in [2.05, 4.69) is 6.55 Å². The molecule has 0 aliphatic carbocycles. The van der Waals surface area contributed by atoms with E-state index in [-0.39, 0.29) is 8.35 Å². The Kier molecular flexibility index (Phi) is 4.40. The summed E-state index contributed by atoms with van der Waals surface area (Å²) in [5.74, 6) is 0. The van der Waals surface area contributed by atoms with Gasteiger partial charge in [-0.05, 0) is 0 Å². The third-order valence-electron chi connectivity index (χ3n) is 0.189. The Morgan fingerprint density at radius 3 is 2.00 bits per heavy atom. The lowest BCUT2D eigenvalue weighted by Gasteiger charge is -1.61. The van der Waals surface area contributed by atoms with E-state index in [1.54, 1.807) is 0 Å². The van der Waals surface area contributed by atoms with Gasteiger partial charge in [0.15, 0.2) is 0 Å². The third-order valence-corrected chi connectivity index (χ3v) is 5.10. The fourth-order valence-corrected chi connectivity index (χ4v) is 0. The average Bonchev–Trinajstić information content (AvgIpc) is 1.37. The van der Waals surface area contributed by atoms with Gasteiger partial charge >= 0.3 is 0 Å². The zero-order valence-corrected chi connectivity index (χ0v) is 6.38. The minimum absolute atomic E-state index is 0.0355. The maximum absolute atomic E-state index is 5.39. The summed E-state index contributed by atoms with van der Waals surface area (Å²) in [6.45, 7) is 2.25. The van der Waals surface area contributed by atoms with Gasteiger partial charge in [-0.25, -0.2) is 0 Å². The van der Waals surface area contributed by atoms with Crippen molar-refractivity contribution < 1.29 is 0 Å². The van der Waals surface area contributed by atoms with E-state index in [0.29, 0.717) is 9.04 Å².